The number of hydrogen-bond acceptors (Lipinski definition) is 1. The van der Waals surface area contributed by atoms with Gasteiger partial charge in [0.15, 0.2) is 0 Å². The molecule has 1 nitrogen and oxygen atoms in total. The molecule has 0 saturated carbocycles. The third kappa shape index (κ3) is 4.30. The maximum Gasteiger partial charge on any atom is 0.0291 e. The molecule has 1 rings (SSSR count). The highest BCUT2D eigenvalue weighted by Crippen LogP contribution is 2.12. The molecule has 0 bridgehead atoms. The monoisotopic (exact) mass is 203 g/mol. The first-order valence-corrected chi connectivity index (χ1v) is 5.54. The normalized spacial score (nSPS) is 12.5. The van der Waals surface area contributed by atoms with Gasteiger partial charge in [0.1, 0.15) is 0 Å². The number of nitrogens with one attached hydrogen (secondary N) is 1. The Morgan fingerprint density at radius 2 is 1.93 bits per heavy atom. The minimum absolute atomic E-state index is 0.421. The Morgan fingerprint density at radius 3 is 2.47 bits per heavy atom. The quantitative estimate of drug-likeness (QED) is 0.721. The molecule has 1 N–H and O–H groups in total. The van der Waals surface area contributed by atoms with Crippen molar-refractivity contribution in [2.75, 3.05) is 6.54 Å². The highest BCUT2D eigenvalue weighted by atomic mass is 14.9. The number of hydrogen-bond donors (Lipinski definition) is 1. The molecule has 0 aromatic heterocycles. The number of aryl methyl sites for hydroxylation is 1. The van der Waals surface area contributed by atoms with Crippen molar-refractivity contribution in [1.82, 2.24) is 5.32 Å². The minimum atomic E-state index is 0.421. The van der Waals surface area contributed by atoms with Crippen LogP contribution in [0.2, 0.25) is 0 Å². The summed E-state index contributed by atoms with van der Waals surface area (Å²) >= 11 is 0. The van der Waals surface area contributed by atoms with Crippen LogP contribution in [-0.4, -0.2) is 6.54 Å². The molecular weight excluding hydrogens is 182 g/mol. The highest BCUT2D eigenvalue weighted by Gasteiger charge is 2.02. The van der Waals surface area contributed by atoms with Gasteiger partial charge in [0.2, 0.25) is 0 Å². The molecule has 82 valence electrons. The molecule has 0 aliphatic carbocycles. The molecule has 0 amide bonds. The van der Waals surface area contributed by atoms with Crippen molar-refractivity contribution in [3.63, 3.8) is 0 Å². The summed E-state index contributed by atoms with van der Waals surface area (Å²) in [5.74, 6) is 0. The first-order valence-electron chi connectivity index (χ1n) is 5.54. The van der Waals surface area contributed by atoms with Crippen LogP contribution in [0.15, 0.2) is 36.4 Å². The van der Waals surface area contributed by atoms with E-state index in [2.05, 4.69) is 56.9 Å². The molecule has 1 aromatic carbocycles. The lowest BCUT2D eigenvalue weighted by atomic mass is 10.1. The smallest absolute Gasteiger partial charge is 0.0291 e. The molecule has 0 radical (unpaired) electrons. The van der Waals surface area contributed by atoms with Gasteiger partial charge in [0, 0.05) is 6.04 Å². The van der Waals surface area contributed by atoms with E-state index in [0.717, 1.165) is 13.0 Å². The van der Waals surface area contributed by atoms with E-state index >= 15 is 0 Å². The van der Waals surface area contributed by atoms with E-state index in [1.54, 1.807) is 0 Å². The molecule has 0 spiro atoms. The zero-order valence-electron chi connectivity index (χ0n) is 10.0. The molecule has 0 aliphatic heterocycles. The molecule has 0 saturated heterocycles. The van der Waals surface area contributed by atoms with E-state index < -0.39 is 0 Å². The van der Waals surface area contributed by atoms with Gasteiger partial charge in [-0.1, -0.05) is 35.4 Å². The lowest BCUT2D eigenvalue weighted by Gasteiger charge is -2.14. The predicted molar refractivity (Wildman–Crippen MR) is 67.0 cm³/mol. The number of benzene rings is 1. The third-order valence-corrected chi connectivity index (χ3v) is 2.58. The first kappa shape index (κ1) is 12.0. The van der Waals surface area contributed by atoms with Crippen molar-refractivity contribution < 1.29 is 0 Å². The summed E-state index contributed by atoms with van der Waals surface area (Å²) in [6, 6.07) is 9.12. The topological polar surface area (TPSA) is 12.0 Å². The third-order valence-electron chi connectivity index (χ3n) is 2.58. The van der Waals surface area contributed by atoms with Crippen LogP contribution in [0, 0.1) is 6.92 Å². The molecule has 1 unspecified atom stereocenters. The van der Waals surface area contributed by atoms with Crippen molar-refractivity contribution in [1.29, 1.82) is 0 Å². The largest absolute Gasteiger partial charge is 0.310 e. The van der Waals surface area contributed by atoms with Gasteiger partial charge in [-0.05, 0) is 39.3 Å². The fourth-order valence-electron chi connectivity index (χ4n) is 1.48. The Kier molecular flexibility index (Phi) is 4.57. The van der Waals surface area contributed by atoms with E-state index in [1.165, 1.54) is 16.7 Å². The van der Waals surface area contributed by atoms with Crippen molar-refractivity contribution in [3.05, 3.63) is 47.5 Å². The molecule has 1 aromatic rings. The van der Waals surface area contributed by atoms with Crippen LogP contribution < -0.4 is 5.32 Å². The fourth-order valence-corrected chi connectivity index (χ4v) is 1.48. The Morgan fingerprint density at radius 1 is 1.33 bits per heavy atom. The van der Waals surface area contributed by atoms with Gasteiger partial charge in [-0.15, -0.1) is 6.58 Å². The summed E-state index contributed by atoms with van der Waals surface area (Å²) in [5, 5.41) is 3.49. The molecule has 1 atom stereocenters. The summed E-state index contributed by atoms with van der Waals surface area (Å²) in [4.78, 5) is 0. The van der Waals surface area contributed by atoms with Gasteiger partial charge in [-0.25, -0.2) is 0 Å². The van der Waals surface area contributed by atoms with E-state index in [0.29, 0.717) is 6.04 Å². The molecule has 0 heterocycles. The lowest BCUT2D eigenvalue weighted by molar-refractivity contribution is 0.576. The van der Waals surface area contributed by atoms with Gasteiger partial charge >= 0.3 is 0 Å². The number of rotatable bonds is 5. The predicted octanol–water partition coefficient (Wildman–Crippen LogP) is 3.61. The SMILES string of the molecule is C=C(C)CCNC(C)c1ccc(C)cc1. The van der Waals surface area contributed by atoms with Crippen molar-refractivity contribution >= 4 is 0 Å². The average molecular weight is 203 g/mol. The average Bonchev–Trinajstić information content (AvgIpc) is 2.18. The van der Waals surface area contributed by atoms with E-state index in [9.17, 15) is 0 Å². The van der Waals surface area contributed by atoms with Crippen LogP contribution in [0.5, 0.6) is 0 Å². The van der Waals surface area contributed by atoms with E-state index in [4.69, 9.17) is 0 Å². The van der Waals surface area contributed by atoms with Gasteiger partial charge in [-0.2, -0.15) is 0 Å². The van der Waals surface area contributed by atoms with Gasteiger partial charge in [0.05, 0.1) is 0 Å². The molecular formula is C14H21N. The second-order valence-corrected chi connectivity index (χ2v) is 4.29. The summed E-state index contributed by atoms with van der Waals surface area (Å²) in [5.41, 5.74) is 3.90. The van der Waals surface area contributed by atoms with E-state index in [-0.39, 0.29) is 0 Å². The van der Waals surface area contributed by atoms with Crippen LogP contribution >= 0.6 is 0 Å². The Bertz CT molecular complexity index is 311. The fraction of sp³-hybridized carbons (Fsp3) is 0.429. The molecule has 0 fully saturated rings. The molecule has 15 heavy (non-hydrogen) atoms. The Balaban J connectivity index is 2.43. The Labute approximate surface area is 93.2 Å². The van der Waals surface area contributed by atoms with Gasteiger partial charge in [-0.3, -0.25) is 0 Å². The second-order valence-electron chi connectivity index (χ2n) is 4.29. The molecule has 1 heteroatoms. The summed E-state index contributed by atoms with van der Waals surface area (Å²) in [6.07, 6.45) is 1.05. The van der Waals surface area contributed by atoms with Crippen LogP contribution in [0.25, 0.3) is 0 Å². The highest BCUT2D eigenvalue weighted by molar-refractivity contribution is 5.23. The van der Waals surface area contributed by atoms with Crippen LogP contribution in [0.4, 0.5) is 0 Å². The molecule has 0 aliphatic rings. The summed E-state index contributed by atoms with van der Waals surface area (Å²) in [6.45, 7) is 11.3. The van der Waals surface area contributed by atoms with Crippen LogP contribution in [-0.2, 0) is 0 Å². The van der Waals surface area contributed by atoms with Crippen LogP contribution in [0.3, 0.4) is 0 Å². The van der Waals surface area contributed by atoms with Crippen molar-refractivity contribution in [3.8, 4) is 0 Å². The standard InChI is InChI=1S/C14H21N/c1-11(2)9-10-15-13(4)14-7-5-12(3)6-8-14/h5-8,13,15H,1,9-10H2,2-4H3. The second kappa shape index (κ2) is 5.72. The Hall–Kier alpha value is -1.08. The van der Waals surface area contributed by atoms with Crippen LogP contribution in [0.1, 0.15) is 37.4 Å². The lowest BCUT2D eigenvalue weighted by Crippen LogP contribution is -2.19. The maximum absolute atomic E-state index is 3.90. The van der Waals surface area contributed by atoms with Crippen molar-refractivity contribution in [2.24, 2.45) is 0 Å². The zero-order valence-corrected chi connectivity index (χ0v) is 10.0. The van der Waals surface area contributed by atoms with Gasteiger partial charge in [0.25, 0.3) is 0 Å². The van der Waals surface area contributed by atoms with E-state index in [1.807, 2.05) is 0 Å². The minimum Gasteiger partial charge on any atom is -0.310 e. The summed E-state index contributed by atoms with van der Waals surface area (Å²) < 4.78 is 0. The van der Waals surface area contributed by atoms with Gasteiger partial charge < -0.3 is 5.32 Å². The van der Waals surface area contributed by atoms with Crippen molar-refractivity contribution in [2.45, 2.75) is 33.2 Å². The summed E-state index contributed by atoms with van der Waals surface area (Å²) in [7, 11) is 0. The zero-order chi connectivity index (χ0) is 11.3. The maximum atomic E-state index is 3.90. The first-order chi connectivity index (χ1) is 7.09.